The third-order valence-electron chi connectivity index (χ3n) is 3.23. The van der Waals surface area contributed by atoms with Crippen LogP contribution in [0.3, 0.4) is 0 Å². The Balaban J connectivity index is 2.27. The van der Waals surface area contributed by atoms with Gasteiger partial charge in [-0.25, -0.2) is 4.21 Å². The van der Waals surface area contributed by atoms with Gasteiger partial charge in [-0.05, 0) is 62.2 Å². The standard InChI is InChI=1S/C16H20N2O3S2/c1-11-8-14(5-7-16(11)22-3)21-15-6-4-13(18-23(19)20)9-12(15)10-17-2/h4-9,17-18H,10H2,1-3H3,(H,19,20). The predicted molar refractivity (Wildman–Crippen MR) is 96.6 cm³/mol. The molecule has 0 aliphatic rings. The van der Waals surface area contributed by atoms with E-state index < -0.39 is 11.3 Å². The lowest BCUT2D eigenvalue weighted by Crippen LogP contribution is -2.08. The lowest BCUT2D eigenvalue weighted by atomic mass is 10.1. The molecule has 0 fully saturated rings. The summed E-state index contributed by atoms with van der Waals surface area (Å²) in [6.07, 6.45) is 2.05. The molecule has 0 aliphatic heterocycles. The highest BCUT2D eigenvalue weighted by Gasteiger charge is 2.08. The van der Waals surface area contributed by atoms with Gasteiger partial charge in [0.15, 0.2) is 0 Å². The monoisotopic (exact) mass is 352 g/mol. The fourth-order valence-electron chi connectivity index (χ4n) is 2.21. The first-order chi connectivity index (χ1) is 11.0. The Morgan fingerprint density at radius 2 is 2.04 bits per heavy atom. The van der Waals surface area contributed by atoms with Crippen LogP contribution in [-0.2, 0) is 17.8 Å². The molecule has 23 heavy (non-hydrogen) atoms. The Morgan fingerprint density at radius 1 is 1.26 bits per heavy atom. The molecule has 1 unspecified atom stereocenters. The Morgan fingerprint density at radius 3 is 2.65 bits per heavy atom. The molecule has 0 aliphatic carbocycles. The van der Waals surface area contributed by atoms with Crippen molar-refractivity contribution in [2.45, 2.75) is 18.4 Å². The molecule has 0 amide bonds. The van der Waals surface area contributed by atoms with Crippen LogP contribution < -0.4 is 14.8 Å². The molecule has 0 radical (unpaired) electrons. The molecule has 0 spiro atoms. The molecule has 0 heterocycles. The summed E-state index contributed by atoms with van der Waals surface area (Å²) in [6, 6.07) is 11.3. The van der Waals surface area contributed by atoms with Crippen LogP contribution in [0.15, 0.2) is 41.3 Å². The summed E-state index contributed by atoms with van der Waals surface area (Å²) in [7, 11) is 1.84. The van der Waals surface area contributed by atoms with Gasteiger partial charge in [0, 0.05) is 22.7 Å². The SMILES string of the molecule is CNCc1cc(NS(=O)O)ccc1Oc1ccc(SC)c(C)c1. The van der Waals surface area contributed by atoms with Gasteiger partial charge in [0.05, 0.1) is 0 Å². The van der Waals surface area contributed by atoms with Crippen LogP contribution in [0.5, 0.6) is 11.5 Å². The van der Waals surface area contributed by atoms with Gasteiger partial charge in [-0.1, -0.05) is 0 Å². The van der Waals surface area contributed by atoms with Crippen molar-refractivity contribution in [2.24, 2.45) is 0 Å². The second-order valence-corrected chi connectivity index (χ2v) is 6.49. The number of benzene rings is 2. The third kappa shape index (κ3) is 4.97. The predicted octanol–water partition coefficient (Wildman–Crippen LogP) is 3.78. The number of anilines is 1. The normalized spacial score (nSPS) is 12.0. The molecule has 3 N–H and O–H groups in total. The first-order valence-corrected chi connectivity index (χ1v) is 9.34. The highest BCUT2D eigenvalue weighted by molar-refractivity contribution is 7.98. The number of thioether (sulfide) groups is 1. The molecule has 124 valence electrons. The van der Waals surface area contributed by atoms with Crippen LogP contribution in [-0.4, -0.2) is 22.1 Å². The van der Waals surface area contributed by atoms with E-state index in [2.05, 4.69) is 17.0 Å². The first-order valence-electron chi connectivity index (χ1n) is 7.01. The van der Waals surface area contributed by atoms with Crippen molar-refractivity contribution in [2.75, 3.05) is 18.0 Å². The van der Waals surface area contributed by atoms with Crippen LogP contribution in [0.4, 0.5) is 5.69 Å². The molecule has 0 aromatic heterocycles. The summed E-state index contributed by atoms with van der Waals surface area (Å²) in [5.41, 5.74) is 2.63. The maximum Gasteiger partial charge on any atom is 0.259 e. The fraction of sp³-hybridized carbons (Fsp3) is 0.250. The van der Waals surface area contributed by atoms with E-state index in [-0.39, 0.29) is 0 Å². The minimum atomic E-state index is -2.09. The second-order valence-electron chi connectivity index (χ2n) is 4.94. The summed E-state index contributed by atoms with van der Waals surface area (Å²) in [4.78, 5) is 1.22. The summed E-state index contributed by atoms with van der Waals surface area (Å²) < 4.78 is 28.2. The molecule has 0 bridgehead atoms. The van der Waals surface area contributed by atoms with Crippen molar-refractivity contribution >= 4 is 28.7 Å². The quantitative estimate of drug-likeness (QED) is 0.523. The van der Waals surface area contributed by atoms with E-state index in [4.69, 9.17) is 9.29 Å². The minimum absolute atomic E-state index is 0.567. The van der Waals surface area contributed by atoms with Crippen LogP contribution in [0, 0.1) is 6.92 Å². The van der Waals surface area contributed by atoms with Crippen molar-refractivity contribution in [3.63, 3.8) is 0 Å². The van der Waals surface area contributed by atoms with Crippen LogP contribution in [0.1, 0.15) is 11.1 Å². The molecule has 1 atom stereocenters. The zero-order valence-corrected chi connectivity index (χ0v) is 14.9. The van der Waals surface area contributed by atoms with Gasteiger partial charge in [-0.15, -0.1) is 11.8 Å². The van der Waals surface area contributed by atoms with E-state index in [0.717, 1.165) is 11.3 Å². The maximum absolute atomic E-state index is 10.9. The number of aryl methyl sites for hydroxylation is 1. The van der Waals surface area contributed by atoms with Gasteiger partial charge in [0.1, 0.15) is 11.5 Å². The molecular weight excluding hydrogens is 332 g/mol. The smallest absolute Gasteiger partial charge is 0.259 e. The van der Waals surface area contributed by atoms with E-state index >= 15 is 0 Å². The average molecular weight is 352 g/mol. The van der Waals surface area contributed by atoms with E-state index in [1.54, 1.807) is 30.0 Å². The summed E-state index contributed by atoms with van der Waals surface area (Å²) in [6.45, 7) is 2.64. The van der Waals surface area contributed by atoms with Crippen molar-refractivity contribution in [3.8, 4) is 11.5 Å². The molecule has 0 saturated carbocycles. The lowest BCUT2D eigenvalue weighted by Gasteiger charge is -2.14. The molecule has 7 heteroatoms. The van der Waals surface area contributed by atoms with Gasteiger partial charge < -0.3 is 10.1 Å². The molecule has 2 aromatic rings. The molecule has 0 saturated heterocycles. The lowest BCUT2D eigenvalue weighted by molar-refractivity contribution is 0.473. The largest absolute Gasteiger partial charge is 0.457 e. The van der Waals surface area contributed by atoms with Crippen molar-refractivity contribution in [3.05, 3.63) is 47.5 Å². The Kier molecular flexibility index (Phi) is 6.47. The number of rotatable bonds is 7. The van der Waals surface area contributed by atoms with Crippen LogP contribution in [0.25, 0.3) is 0 Å². The topological polar surface area (TPSA) is 70.6 Å². The fourth-order valence-corrected chi connectivity index (χ4v) is 3.13. The van der Waals surface area contributed by atoms with Crippen LogP contribution in [0.2, 0.25) is 0 Å². The summed E-state index contributed by atoms with van der Waals surface area (Å²) >= 11 is -0.391. The van der Waals surface area contributed by atoms with E-state index in [0.29, 0.717) is 18.0 Å². The van der Waals surface area contributed by atoms with Gasteiger partial charge in [0.2, 0.25) is 0 Å². The van der Waals surface area contributed by atoms with Crippen molar-refractivity contribution < 1.29 is 13.5 Å². The van der Waals surface area contributed by atoms with E-state index in [9.17, 15) is 4.21 Å². The number of ether oxygens (including phenoxy) is 1. The third-order valence-corrected chi connectivity index (χ3v) is 4.54. The first kappa shape index (κ1) is 17.8. The van der Waals surface area contributed by atoms with Crippen molar-refractivity contribution in [1.82, 2.24) is 5.32 Å². The van der Waals surface area contributed by atoms with E-state index in [1.807, 2.05) is 31.5 Å². The number of nitrogens with one attached hydrogen (secondary N) is 2. The number of hydrogen-bond donors (Lipinski definition) is 3. The average Bonchev–Trinajstić information content (AvgIpc) is 2.50. The molecule has 5 nitrogen and oxygen atoms in total. The second kappa shape index (κ2) is 8.35. The molecular formula is C16H20N2O3S2. The van der Waals surface area contributed by atoms with Crippen LogP contribution >= 0.6 is 11.8 Å². The van der Waals surface area contributed by atoms with Gasteiger partial charge >= 0.3 is 0 Å². The van der Waals surface area contributed by atoms with E-state index in [1.165, 1.54) is 10.5 Å². The van der Waals surface area contributed by atoms with Gasteiger partial charge in [0.25, 0.3) is 11.3 Å². The van der Waals surface area contributed by atoms with Gasteiger partial charge in [-0.2, -0.15) is 0 Å². The summed E-state index contributed by atoms with van der Waals surface area (Å²) in [5, 5.41) is 3.07. The summed E-state index contributed by atoms with van der Waals surface area (Å²) in [5.74, 6) is 1.48. The van der Waals surface area contributed by atoms with Crippen molar-refractivity contribution in [1.29, 1.82) is 0 Å². The highest BCUT2D eigenvalue weighted by Crippen LogP contribution is 2.31. The molecule has 2 aromatic carbocycles. The maximum atomic E-state index is 10.9. The highest BCUT2D eigenvalue weighted by atomic mass is 32.2. The Hall–Kier alpha value is -1.54. The minimum Gasteiger partial charge on any atom is -0.457 e. The Labute approximate surface area is 143 Å². The zero-order chi connectivity index (χ0) is 16.8. The zero-order valence-electron chi connectivity index (χ0n) is 13.3. The Bertz CT molecular complexity index is 708. The number of hydrogen-bond acceptors (Lipinski definition) is 4. The molecule has 2 rings (SSSR count). The van der Waals surface area contributed by atoms with Gasteiger partial charge in [-0.3, -0.25) is 9.27 Å².